The van der Waals surface area contributed by atoms with E-state index in [1.165, 1.54) is 6.33 Å². The maximum atomic E-state index is 11.8. The molecule has 16 heavy (non-hydrogen) atoms. The molecule has 0 unspecified atom stereocenters. The molecule has 0 amide bonds. The van der Waals surface area contributed by atoms with E-state index in [0.717, 1.165) is 5.56 Å². The lowest BCUT2D eigenvalue weighted by Crippen LogP contribution is -2.22. The summed E-state index contributed by atoms with van der Waals surface area (Å²) in [4.78, 5) is 15.9. The SMILES string of the molecule is [CH2]c1ncn(Cc2ccccc2)c(=O)c1Br. The van der Waals surface area contributed by atoms with Crippen molar-refractivity contribution in [1.29, 1.82) is 0 Å². The first kappa shape index (κ1) is 11.1. The predicted molar refractivity (Wildman–Crippen MR) is 66.2 cm³/mol. The quantitative estimate of drug-likeness (QED) is 0.844. The van der Waals surface area contributed by atoms with Crippen LogP contribution in [0, 0.1) is 6.92 Å². The van der Waals surface area contributed by atoms with Gasteiger partial charge in [-0.1, -0.05) is 30.3 Å². The minimum Gasteiger partial charge on any atom is -0.294 e. The smallest absolute Gasteiger partial charge is 0.268 e. The molecule has 0 spiro atoms. The van der Waals surface area contributed by atoms with Crippen LogP contribution in [0.3, 0.4) is 0 Å². The fourth-order valence-electron chi connectivity index (χ4n) is 1.39. The van der Waals surface area contributed by atoms with E-state index in [1.807, 2.05) is 30.3 Å². The van der Waals surface area contributed by atoms with Gasteiger partial charge in [-0.25, -0.2) is 4.98 Å². The fourth-order valence-corrected chi connectivity index (χ4v) is 1.72. The largest absolute Gasteiger partial charge is 0.294 e. The van der Waals surface area contributed by atoms with Crippen LogP contribution in [0.25, 0.3) is 0 Å². The molecular formula is C12H10BrN2O. The van der Waals surface area contributed by atoms with Crippen LogP contribution < -0.4 is 5.56 Å². The Kier molecular flexibility index (Phi) is 3.19. The van der Waals surface area contributed by atoms with Gasteiger partial charge in [0, 0.05) is 0 Å². The summed E-state index contributed by atoms with van der Waals surface area (Å²) in [5, 5.41) is 0. The van der Waals surface area contributed by atoms with Crippen LogP contribution in [0.4, 0.5) is 0 Å². The van der Waals surface area contributed by atoms with Crippen LogP contribution in [0.2, 0.25) is 0 Å². The Morgan fingerprint density at radius 3 is 2.69 bits per heavy atom. The third-order valence-electron chi connectivity index (χ3n) is 2.25. The summed E-state index contributed by atoms with van der Waals surface area (Å²) in [6.45, 7) is 4.18. The van der Waals surface area contributed by atoms with E-state index in [4.69, 9.17) is 0 Å². The Bertz CT molecular complexity index is 549. The van der Waals surface area contributed by atoms with E-state index in [0.29, 0.717) is 16.7 Å². The van der Waals surface area contributed by atoms with Crippen molar-refractivity contribution in [2.45, 2.75) is 6.54 Å². The Labute approximate surface area is 102 Å². The Morgan fingerprint density at radius 1 is 1.31 bits per heavy atom. The Balaban J connectivity index is 2.37. The van der Waals surface area contributed by atoms with Gasteiger partial charge in [-0.05, 0) is 28.4 Å². The molecule has 0 aliphatic rings. The Morgan fingerprint density at radius 2 is 2.00 bits per heavy atom. The minimum atomic E-state index is -0.108. The highest BCUT2D eigenvalue weighted by atomic mass is 79.9. The first-order valence-electron chi connectivity index (χ1n) is 4.79. The standard InChI is InChI=1S/C12H10BrN2O/c1-9-11(13)12(16)15(8-14-9)7-10-5-3-2-4-6-10/h2-6,8H,1,7H2. The second kappa shape index (κ2) is 4.61. The molecule has 0 aliphatic carbocycles. The van der Waals surface area contributed by atoms with E-state index < -0.39 is 0 Å². The lowest BCUT2D eigenvalue weighted by atomic mass is 10.2. The zero-order chi connectivity index (χ0) is 11.5. The van der Waals surface area contributed by atoms with Gasteiger partial charge in [-0.3, -0.25) is 9.36 Å². The molecule has 2 rings (SSSR count). The second-order valence-electron chi connectivity index (χ2n) is 3.42. The molecule has 0 aliphatic heterocycles. The maximum Gasteiger partial charge on any atom is 0.268 e. The maximum absolute atomic E-state index is 11.8. The van der Waals surface area contributed by atoms with Crippen LogP contribution in [0.5, 0.6) is 0 Å². The van der Waals surface area contributed by atoms with E-state index >= 15 is 0 Å². The molecule has 0 saturated carbocycles. The van der Waals surface area contributed by atoms with Crippen molar-refractivity contribution in [1.82, 2.24) is 9.55 Å². The highest BCUT2D eigenvalue weighted by Gasteiger charge is 2.05. The third kappa shape index (κ3) is 2.22. The molecule has 3 nitrogen and oxygen atoms in total. The van der Waals surface area contributed by atoms with Crippen molar-refractivity contribution in [2.24, 2.45) is 0 Å². The van der Waals surface area contributed by atoms with Gasteiger partial charge < -0.3 is 0 Å². The molecule has 0 N–H and O–H groups in total. The summed E-state index contributed by atoms with van der Waals surface area (Å²) >= 11 is 3.18. The van der Waals surface area contributed by atoms with Crippen LogP contribution in [-0.2, 0) is 6.54 Å². The van der Waals surface area contributed by atoms with Crippen molar-refractivity contribution < 1.29 is 0 Å². The van der Waals surface area contributed by atoms with E-state index in [-0.39, 0.29) is 5.56 Å². The first-order chi connectivity index (χ1) is 7.68. The predicted octanol–water partition coefficient (Wildman–Crippen LogP) is 2.24. The zero-order valence-electron chi connectivity index (χ0n) is 8.56. The summed E-state index contributed by atoms with van der Waals surface area (Å²) in [5.74, 6) is 0. The molecule has 2 aromatic rings. The summed E-state index contributed by atoms with van der Waals surface area (Å²) in [5.41, 5.74) is 1.42. The van der Waals surface area contributed by atoms with E-state index in [1.54, 1.807) is 4.57 Å². The van der Waals surface area contributed by atoms with Crippen molar-refractivity contribution in [3.8, 4) is 0 Å². The van der Waals surface area contributed by atoms with Gasteiger partial charge in [0.1, 0.15) is 4.47 Å². The topological polar surface area (TPSA) is 34.9 Å². The summed E-state index contributed by atoms with van der Waals surface area (Å²) in [6, 6.07) is 9.77. The average Bonchev–Trinajstić information content (AvgIpc) is 2.31. The van der Waals surface area contributed by atoms with E-state index in [2.05, 4.69) is 27.8 Å². The van der Waals surface area contributed by atoms with Crippen molar-refractivity contribution in [3.05, 3.63) is 69.7 Å². The van der Waals surface area contributed by atoms with Gasteiger partial charge in [-0.2, -0.15) is 0 Å². The number of nitrogens with zero attached hydrogens (tertiary/aromatic N) is 2. The molecule has 0 bridgehead atoms. The van der Waals surface area contributed by atoms with Gasteiger partial charge >= 0.3 is 0 Å². The lowest BCUT2D eigenvalue weighted by Gasteiger charge is -2.06. The molecule has 0 saturated heterocycles. The fraction of sp³-hybridized carbons (Fsp3) is 0.0833. The molecule has 0 atom stereocenters. The molecule has 1 aromatic carbocycles. The second-order valence-corrected chi connectivity index (χ2v) is 4.22. The summed E-state index contributed by atoms with van der Waals surface area (Å²) in [6.07, 6.45) is 1.52. The lowest BCUT2D eigenvalue weighted by molar-refractivity contribution is 0.727. The number of benzene rings is 1. The van der Waals surface area contributed by atoms with Crippen molar-refractivity contribution in [3.63, 3.8) is 0 Å². The molecule has 1 heterocycles. The number of hydrogen-bond donors (Lipinski definition) is 0. The van der Waals surface area contributed by atoms with Crippen molar-refractivity contribution in [2.75, 3.05) is 0 Å². The van der Waals surface area contributed by atoms with Gasteiger partial charge in [-0.15, -0.1) is 0 Å². The first-order valence-corrected chi connectivity index (χ1v) is 5.58. The highest BCUT2D eigenvalue weighted by molar-refractivity contribution is 9.10. The Hall–Kier alpha value is -1.42. The van der Waals surface area contributed by atoms with Crippen LogP contribution in [-0.4, -0.2) is 9.55 Å². The van der Waals surface area contributed by atoms with Gasteiger partial charge in [0.2, 0.25) is 0 Å². The van der Waals surface area contributed by atoms with Crippen LogP contribution >= 0.6 is 15.9 Å². The van der Waals surface area contributed by atoms with Crippen LogP contribution in [0.1, 0.15) is 11.3 Å². The van der Waals surface area contributed by atoms with Crippen molar-refractivity contribution >= 4 is 15.9 Å². The minimum absolute atomic E-state index is 0.108. The van der Waals surface area contributed by atoms with Gasteiger partial charge in [0.25, 0.3) is 5.56 Å². The molecule has 4 heteroatoms. The average molecular weight is 278 g/mol. The number of aromatic nitrogens is 2. The number of rotatable bonds is 2. The molecule has 81 valence electrons. The zero-order valence-corrected chi connectivity index (χ0v) is 10.1. The molecule has 0 fully saturated rings. The third-order valence-corrected chi connectivity index (χ3v) is 3.05. The molecular weight excluding hydrogens is 268 g/mol. The molecule has 1 aromatic heterocycles. The van der Waals surface area contributed by atoms with Gasteiger partial charge in [0.15, 0.2) is 0 Å². The summed E-state index contributed by atoms with van der Waals surface area (Å²) in [7, 11) is 0. The highest BCUT2D eigenvalue weighted by Crippen LogP contribution is 2.07. The normalized spacial score (nSPS) is 10.4. The van der Waals surface area contributed by atoms with Gasteiger partial charge in [0.05, 0.1) is 18.6 Å². The van der Waals surface area contributed by atoms with Crippen LogP contribution in [0.15, 0.2) is 45.9 Å². The monoisotopic (exact) mass is 277 g/mol. The van der Waals surface area contributed by atoms with E-state index in [9.17, 15) is 4.79 Å². The number of halogens is 1. The molecule has 1 radical (unpaired) electrons. The number of hydrogen-bond acceptors (Lipinski definition) is 2. The summed E-state index contributed by atoms with van der Waals surface area (Å²) < 4.78 is 1.97.